The molecule has 1 amide bonds. The van der Waals surface area contributed by atoms with E-state index in [0.717, 1.165) is 40.9 Å². The lowest BCUT2D eigenvalue weighted by molar-refractivity contribution is 0.0985. The van der Waals surface area contributed by atoms with Gasteiger partial charge in [0.05, 0.1) is 24.1 Å². The molecule has 1 fully saturated rings. The second-order valence-electron chi connectivity index (χ2n) is 8.46. The molecule has 0 bridgehead atoms. The van der Waals surface area contributed by atoms with Crippen molar-refractivity contribution in [1.82, 2.24) is 14.7 Å². The Morgan fingerprint density at radius 2 is 2.03 bits per heavy atom. The average Bonchev–Trinajstić information content (AvgIpc) is 3.56. The zero-order chi connectivity index (χ0) is 20.8. The lowest BCUT2D eigenvalue weighted by Gasteiger charge is -2.23. The summed E-state index contributed by atoms with van der Waals surface area (Å²) in [5.74, 6) is 0.929. The molecule has 0 radical (unpaired) electrons. The SMILES string of the molecule is Cc1cc(C(=O)N2Cc3cnn(C)c3Nc3ccccc32)ccc1CN(C)C1CC1. The predicted octanol–water partition coefficient (Wildman–Crippen LogP) is 4.23. The van der Waals surface area contributed by atoms with E-state index >= 15 is 0 Å². The second kappa shape index (κ2) is 7.29. The number of fused-ring (bicyclic) bond motifs is 2. The first-order chi connectivity index (χ1) is 14.5. The molecule has 0 unspecified atom stereocenters. The van der Waals surface area contributed by atoms with E-state index in [1.165, 1.54) is 18.4 Å². The molecule has 1 aliphatic heterocycles. The van der Waals surface area contributed by atoms with Crippen molar-refractivity contribution >= 4 is 23.1 Å². The number of rotatable bonds is 4. The molecule has 154 valence electrons. The Morgan fingerprint density at radius 1 is 1.23 bits per heavy atom. The summed E-state index contributed by atoms with van der Waals surface area (Å²) in [5, 5.41) is 7.81. The number of carbonyl (C=O) groups is 1. The van der Waals surface area contributed by atoms with E-state index in [4.69, 9.17) is 0 Å². The molecule has 5 rings (SSSR count). The van der Waals surface area contributed by atoms with E-state index in [1.54, 1.807) is 0 Å². The standard InChI is InChI=1S/C24H27N5O/c1-16-12-17(8-9-18(16)14-27(2)20-10-11-20)24(30)29-15-19-13-25-28(3)23(19)26-21-6-4-5-7-22(21)29/h4-9,12-13,20,26H,10-11,14-15H2,1-3H3. The molecule has 0 saturated heterocycles. The van der Waals surface area contributed by atoms with Crippen molar-refractivity contribution in [3.05, 3.63) is 70.9 Å². The van der Waals surface area contributed by atoms with Crippen molar-refractivity contribution in [2.24, 2.45) is 7.05 Å². The lowest BCUT2D eigenvalue weighted by Crippen LogP contribution is -2.30. The third kappa shape index (κ3) is 3.37. The Kier molecular flexibility index (Phi) is 4.59. The minimum Gasteiger partial charge on any atom is -0.338 e. The summed E-state index contributed by atoms with van der Waals surface area (Å²) in [6.45, 7) is 3.52. The zero-order valence-electron chi connectivity index (χ0n) is 17.7. The van der Waals surface area contributed by atoms with E-state index in [-0.39, 0.29) is 5.91 Å². The van der Waals surface area contributed by atoms with Gasteiger partial charge in [0.15, 0.2) is 0 Å². The second-order valence-corrected chi connectivity index (χ2v) is 8.46. The highest BCUT2D eigenvalue weighted by Crippen LogP contribution is 2.36. The number of carbonyl (C=O) groups excluding carboxylic acids is 1. The lowest BCUT2D eigenvalue weighted by atomic mass is 10.0. The van der Waals surface area contributed by atoms with Crippen LogP contribution >= 0.6 is 0 Å². The van der Waals surface area contributed by atoms with Gasteiger partial charge >= 0.3 is 0 Å². The number of hydrogen-bond acceptors (Lipinski definition) is 4. The number of hydrogen-bond donors (Lipinski definition) is 1. The molecule has 6 nitrogen and oxygen atoms in total. The molecule has 2 heterocycles. The zero-order valence-corrected chi connectivity index (χ0v) is 17.7. The van der Waals surface area contributed by atoms with Crippen molar-refractivity contribution in [2.45, 2.75) is 38.9 Å². The topological polar surface area (TPSA) is 53.4 Å². The number of aryl methyl sites for hydroxylation is 2. The quantitative estimate of drug-likeness (QED) is 0.711. The van der Waals surface area contributed by atoms with E-state index in [0.29, 0.717) is 12.1 Å². The Labute approximate surface area is 177 Å². The fourth-order valence-corrected chi connectivity index (χ4v) is 4.21. The Hall–Kier alpha value is -3.12. The number of para-hydroxylation sites is 2. The smallest absolute Gasteiger partial charge is 0.258 e. The van der Waals surface area contributed by atoms with Gasteiger partial charge in [-0.3, -0.25) is 14.4 Å². The van der Waals surface area contributed by atoms with Gasteiger partial charge in [0.25, 0.3) is 5.91 Å². The first-order valence-electron chi connectivity index (χ1n) is 10.5. The molecular formula is C24H27N5O. The van der Waals surface area contributed by atoms with Crippen molar-refractivity contribution in [1.29, 1.82) is 0 Å². The largest absolute Gasteiger partial charge is 0.338 e. The summed E-state index contributed by atoms with van der Waals surface area (Å²) < 4.78 is 1.81. The maximum Gasteiger partial charge on any atom is 0.258 e. The summed E-state index contributed by atoms with van der Waals surface area (Å²) in [4.78, 5) is 17.9. The third-order valence-electron chi connectivity index (χ3n) is 6.22. The average molecular weight is 402 g/mol. The van der Waals surface area contributed by atoms with E-state index in [2.05, 4.69) is 35.4 Å². The van der Waals surface area contributed by atoms with Gasteiger partial charge in [-0.15, -0.1) is 0 Å². The molecule has 2 aliphatic rings. The van der Waals surface area contributed by atoms with Crippen LogP contribution in [0.3, 0.4) is 0 Å². The van der Waals surface area contributed by atoms with Crippen LogP contribution in [0.15, 0.2) is 48.7 Å². The van der Waals surface area contributed by atoms with E-state index in [9.17, 15) is 4.79 Å². The van der Waals surface area contributed by atoms with Crippen LogP contribution in [-0.4, -0.2) is 33.7 Å². The molecule has 2 aromatic carbocycles. The Morgan fingerprint density at radius 3 is 2.80 bits per heavy atom. The number of aromatic nitrogens is 2. The molecule has 3 aromatic rings. The van der Waals surface area contributed by atoms with Gasteiger partial charge < -0.3 is 10.2 Å². The third-order valence-corrected chi connectivity index (χ3v) is 6.22. The fraction of sp³-hybridized carbons (Fsp3) is 0.333. The monoisotopic (exact) mass is 401 g/mol. The van der Waals surface area contributed by atoms with Crippen LogP contribution in [0.4, 0.5) is 17.2 Å². The summed E-state index contributed by atoms with van der Waals surface area (Å²) in [6.07, 6.45) is 4.42. The van der Waals surface area contributed by atoms with E-state index < -0.39 is 0 Å². The van der Waals surface area contributed by atoms with Gasteiger partial charge in [0, 0.05) is 30.8 Å². The normalized spacial score (nSPS) is 15.4. The molecule has 0 atom stereocenters. The maximum atomic E-state index is 13.6. The van der Waals surface area contributed by atoms with Crippen molar-refractivity contribution in [3.63, 3.8) is 0 Å². The molecule has 1 saturated carbocycles. The van der Waals surface area contributed by atoms with E-state index in [1.807, 2.05) is 59.2 Å². The van der Waals surface area contributed by atoms with Crippen LogP contribution in [0.5, 0.6) is 0 Å². The molecule has 6 heteroatoms. The van der Waals surface area contributed by atoms with Gasteiger partial charge in [-0.1, -0.05) is 18.2 Å². The van der Waals surface area contributed by atoms with Gasteiger partial charge in [-0.25, -0.2) is 0 Å². The minimum absolute atomic E-state index is 0.00569. The van der Waals surface area contributed by atoms with Gasteiger partial charge in [-0.2, -0.15) is 5.10 Å². The van der Waals surface area contributed by atoms with Crippen LogP contribution in [0.1, 0.15) is 39.9 Å². The van der Waals surface area contributed by atoms with Crippen molar-refractivity contribution < 1.29 is 4.79 Å². The first kappa shape index (κ1) is 18.9. The number of benzene rings is 2. The minimum atomic E-state index is 0.00569. The first-order valence-corrected chi connectivity index (χ1v) is 10.5. The number of nitrogens with zero attached hydrogens (tertiary/aromatic N) is 4. The van der Waals surface area contributed by atoms with Crippen molar-refractivity contribution in [3.8, 4) is 0 Å². The molecule has 30 heavy (non-hydrogen) atoms. The summed E-state index contributed by atoms with van der Waals surface area (Å²) in [6, 6.07) is 14.8. The number of amides is 1. The number of nitrogens with one attached hydrogen (secondary N) is 1. The molecule has 1 aromatic heterocycles. The van der Waals surface area contributed by atoms with Crippen LogP contribution in [0.25, 0.3) is 0 Å². The fourth-order valence-electron chi connectivity index (χ4n) is 4.21. The van der Waals surface area contributed by atoms with Crippen LogP contribution in [0.2, 0.25) is 0 Å². The highest BCUT2D eigenvalue weighted by molar-refractivity contribution is 6.08. The Balaban J connectivity index is 1.47. The highest BCUT2D eigenvalue weighted by Gasteiger charge is 2.28. The maximum absolute atomic E-state index is 13.6. The predicted molar refractivity (Wildman–Crippen MR) is 119 cm³/mol. The van der Waals surface area contributed by atoms with Crippen LogP contribution in [0, 0.1) is 6.92 Å². The summed E-state index contributed by atoms with van der Waals surface area (Å²) >= 11 is 0. The molecule has 1 aliphatic carbocycles. The van der Waals surface area contributed by atoms with Gasteiger partial charge in [0.1, 0.15) is 5.82 Å². The Bertz CT molecular complexity index is 1110. The summed E-state index contributed by atoms with van der Waals surface area (Å²) in [7, 11) is 4.09. The van der Waals surface area contributed by atoms with Crippen LogP contribution < -0.4 is 10.2 Å². The molecule has 0 spiro atoms. The molecular weight excluding hydrogens is 374 g/mol. The summed E-state index contributed by atoms with van der Waals surface area (Å²) in [5.41, 5.74) is 5.96. The highest BCUT2D eigenvalue weighted by atomic mass is 16.2. The van der Waals surface area contributed by atoms with Crippen LogP contribution in [-0.2, 0) is 20.1 Å². The number of anilines is 3. The van der Waals surface area contributed by atoms with Gasteiger partial charge in [0.2, 0.25) is 0 Å². The van der Waals surface area contributed by atoms with Gasteiger partial charge in [-0.05, 0) is 62.2 Å². The molecule has 1 N–H and O–H groups in total. The van der Waals surface area contributed by atoms with Crippen molar-refractivity contribution in [2.75, 3.05) is 17.3 Å².